The molecule has 0 radical (unpaired) electrons. The molecule has 0 aliphatic heterocycles. The van der Waals surface area contributed by atoms with Gasteiger partial charge >= 0.3 is 0 Å². The molecule has 0 saturated carbocycles. The van der Waals surface area contributed by atoms with E-state index in [4.69, 9.17) is 0 Å². The SMILES string of the molecule is CCCCCNC(=O)CC(C)c1ccc(O)cc1O. The fourth-order valence-corrected chi connectivity index (χ4v) is 2.01. The third-order valence-corrected chi connectivity index (χ3v) is 3.14. The van der Waals surface area contributed by atoms with E-state index in [-0.39, 0.29) is 23.3 Å². The van der Waals surface area contributed by atoms with Crippen LogP contribution in [-0.4, -0.2) is 22.7 Å². The molecule has 1 unspecified atom stereocenters. The number of benzene rings is 1. The van der Waals surface area contributed by atoms with E-state index in [0.29, 0.717) is 18.5 Å². The van der Waals surface area contributed by atoms with Crippen LogP contribution in [-0.2, 0) is 4.79 Å². The zero-order valence-electron chi connectivity index (χ0n) is 11.6. The monoisotopic (exact) mass is 265 g/mol. The molecule has 1 atom stereocenters. The van der Waals surface area contributed by atoms with Crippen molar-refractivity contribution in [2.75, 3.05) is 6.54 Å². The Bertz CT molecular complexity index is 418. The number of hydrogen-bond acceptors (Lipinski definition) is 3. The first-order chi connectivity index (χ1) is 9.04. The van der Waals surface area contributed by atoms with E-state index < -0.39 is 0 Å². The second kappa shape index (κ2) is 7.67. The minimum absolute atomic E-state index is 0.00363. The van der Waals surface area contributed by atoms with Gasteiger partial charge in [0.2, 0.25) is 5.91 Å². The molecular formula is C15H23NO3. The van der Waals surface area contributed by atoms with E-state index in [0.717, 1.165) is 19.3 Å². The molecule has 4 heteroatoms. The van der Waals surface area contributed by atoms with Crippen LogP contribution in [0.1, 0.15) is 51.0 Å². The normalized spacial score (nSPS) is 12.1. The Morgan fingerprint density at radius 2 is 2.05 bits per heavy atom. The Morgan fingerprint density at radius 1 is 1.32 bits per heavy atom. The molecule has 0 fully saturated rings. The molecule has 1 aromatic rings. The number of aromatic hydroxyl groups is 2. The number of rotatable bonds is 7. The summed E-state index contributed by atoms with van der Waals surface area (Å²) in [6.45, 7) is 4.72. The topological polar surface area (TPSA) is 69.6 Å². The van der Waals surface area contributed by atoms with Crippen LogP contribution in [0, 0.1) is 0 Å². The number of phenolic OH excluding ortho intramolecular Hbond substituents is 2. The molecular weight excluding hydrogens is 242 g/mol. The highest BCUT2D eigenvalue weighted by Gasteiger charge is 2.14. The van der Waals surface area contributed by atoms with Crippen LogP contribution in [0.2, 0.25) is 0 Å². The number of carbonyl (C=O) groups is 1. The lowest BCUT2D eigenvalue weighted by Crippen LogP contribution is -2.25. The Hall–Kier alpha value is -1.71. The lowest BCUT2D eigenvalue weighted by atomic mass is 9.96. The van der Waals surface area contributed by atoms with Gasteiger partial charge in [-0.2, -0.15) is 0 Å². The van der Waals surface area contributed by atoms with Crippen LogP contribution >= 0.6 is 0 Å². The van der Waals surface area contributed by atoms with Crippen LogP contribution in [0.15, 0.2) is 18.2 Å². The highest BCUT2D eigenvalue weighted by molar-refractivity contribution is 5.76. The van der Waals surface area contributed by atoms with Gasteiger partial charge in [0.15, 0.2) is 0 Å². The number of carbonyl (C=O) groups excluding carboxylic acids is 1. The summed E-state index contributed by atoms with van der Waals surface area (Å²) in [4.78, 5) is 11.7. The fourth-order valence-electron chi connectivity index (χ4n) is 2.01. The first-order valence-electron chi connectivity index (χ1n) is 6.83. The van der Waals surface area contributed by atoms with E-state index in [9.17, 15) is 15.0 Å². The number of hydrogen-bond donors (Lipinski definition) is 3. The molecule has 0 aliphatic carbocycles. The summed E-state index contributed by atoms with van der Waals surface area (Å²) < 4.78 is 0. The first-order valence-corrected chi connectivity index (χ1v) is 6.83. The Kier molecular flexibility index (Phi) is 6.19. The van der Waals surface area contributed by atoms with Gasteiger partial charge in [0, 0.05) is 19.0 Å². The summed E-state index contributed by atoms with van der Waals surface area (Å²) >= 11 is 0. The van der Waals surface area contributed by atoms with Gasteiger partial charge < -0.3 is 15.5 Å². The van der Waals surface area contributed by atoms with Gasteiger partial charge in [0.1, 0.15) is 11.5 Å². The fraction of sp³-hybridized carbons (Fsp3) is 0.533. The minimum atomic E-state index is -0.0771. The number of phenols is 2. The molecule has 0 heterocycles. The highest BCUT2D eigenvalue weighted by Crippen LogP contribution is 2.30. The van der Waals surface area contributed by atoms with Crippen LogP contribution < -0.4 is 5.32 Å². The minimum Gasteiger partial charge on any atom is -0.508 e. The van der Waals surface area contributed by atoms with Crippen LogP contribution in [0.25, 0.3) is 0 Å². The average molecular weight is 265 g/mol. The van der Waals surface area contributed by atoms with E-state index in [1.807, 2.05) is 6.92 Å². The molecule has 19 heavy (non-hydrogen) atoms. The number of amides is 1. The van der Waals surface area contributed by atoms with Crippen molar-refractivity contribution in [2.24, 2.45) is 0 Å². The predicted molar refractivity (Wildman–Crippen MR) is 75.3 cm³/mol. The third-order valence-electron chi connectivity index (χ3n) is 3.14. The van der Waals surface area contributed by atoms with Crippen molar-refractivity contribution < 1.29 is 15.0 Å². The molecule has 0 spiro atoms. The van der Waals surface area contributed by atoms with Gasteiger partial charge in [0.05, 0.1) is 0 Å². The van der Waals surface area contributed by atoms with Crippen molar-refractivity contribution in [1.82, 2.24) is 5.32 Å². The van der Waals surface area contributed by atoms with Crippen LogP contribution in [0.4, 0.5) is 0 Å². The molecule has 106 valence electrons. The first kappa shape index (κ1) is 15.3. The second-order valence-corrected chi connectivity index (χ2v) is 4.91. The molecule has 1 amide bonds. The third kappa shape index (κ3) is 5.20. The summed E-state index contributed by atoms with van der Waals surface area (Å²) in [5.74, 6) is -0.0217. The maximum atomic E-state index is 11.7. The molecule has 1 rings (SSSR count). The van der Waals surface area contributed by atoms with E-state index in [1.165, 1.54) is 12.1 Å². The smallest absolute Gasteiger partial charge is 0.220 e. The molecule has 3 N–H and O–H groups in total. The standard InChI is InChI=1S/C15H23NO3/c1-3-4-5-8-16-15(19)9-11(2)13-7-6-12(17)10-14(13)18/h6-7,10-11,17-18H,3-5,8-9H2,1-2H3,(H,16,19). The van der Waals surface area contributed by atoms with Gasteiger partial charge in [-0.15, -0.1) is 0 Å². The van der Waals surface area contributed by atoms with Crippen molar-refractivity contribution in [2.45, 2.75) is 45.4 Å². The molecule has 0 aliphatic rings. The summed E-state index contributed by atoms with van der Waals surface area (Å²) in [6, 6.07) is 4.47. The number of unbranched alkanes of at least 4 members (excludes halogenated alkanes) is 2. The molecule has 0 bridgehead atoms. The van der Waals surface area contributed by atoms with E-state index >= 15 is 0 Å². The second-order valence-electron chi connectivity index (χ2n) is 4.91. The van der Waals surface area contributed by atoms with E-state index in [2.05, 4.69) is 12.2 Å². The van der Waals surface area contributed by atoms with Crippen molar-refractivity contribution in [3.05, 3.63) is 23.8 Å². The molecule has 0 aromatic heterocycles. The summed E-state index contributed by atoms with van der Waals surface area (Å²) in [5, 5.41) is 21.8. The molecule has 1 aromatic carbocycles. The van der Waals surface area contributed by atoms with Gasteiger partial charge in [0.25, 0.3) is 0 Å². The maximum Gasteiger partial charge on any atom is 0.220 e. The van der Waals surface area contributed by atoms with Gasteiger partial charge in [-0.3, -0.25) is 4.79 Å². The van der Waals surface area contributed by atoms with Crippen molar-refractivity contribution in [3.8, 4) is 11.5 Å². The maximum absolute atomic E-state index is 11.7. The summed E-state index contributed by atoms with van der Waals surface area (Å²) in [5.41, 5.74) is 0.682. The lowest BCUT2D eigenvalue weighted by Gasteiger charge is -2.13. The number of nitrogens with one attached hydrogen (secondary N) is 1. The van der Waals surface area contributed by atoms with Crippen molar-refractivity contribution in [1.29, 1.82) is 0 Å². The van der Waals surface area contributed by atoms with E-state index in [1.54, 1.807) is 6.07 Å². The lowest BCUT2D eigenvalue weighted by molar-refractivity contribution is -0.121. The zero-order valence-corrected chi connectivity index (χ0v) is 11.6. The van der Waals surface area contributed by atoms with Gasteiger partial charge in [-0.25, -0.2) is 0 Å². The van der Waals surface area contributed by atoms with Crippen LogP contribution in [0.3, 0.4) is 0 Å². The Labute approximate surface area is 114 Å². The Morgan fingerprint density at radius 3 is 2.68 bits per heavy atom. The average Bonchev–Trinajstić information content (AvgIpc) is 2.34. The van der Waals surface area contributed by atoms with Crippen LogP contribution in [0.5, 0.6) is 11.5 Å². The Balaban J connectivity index is 2.45. The largest absolute Gasteiger partial charge is 0.508 e. The predicted octanol–water partition coefficient (Wildman–Crippen LogP) is 2.90. The van der Waals surface area contributed by atoms with Gasteiger partial charge in [-0.1, -0.05) is 32.8 Å². The summed E-state index contributed by atoms with van der Waals surface area (Å²) in [6.07, 6.45) is 3.59. The van der Waals surface area contributed by atoms with Crippen molar-refractivity contribution >= 4 is 5.91 Å². The highest BCUT2D eigenvalue weighted by atomic mass is 16.3. The summed E-state index contributed by atoms with van der Waals surface area (Å²) in [7, 11) is 0. The molecule has 0 saturated heterocycles. The quantitative estimate of drug-likeness (QED) is 0.664. The van der Waals surface area contributed by atoms with Gasteiger partial charge in [-0.05, 0) is 24.0 Å². The molecule has 4 nitrogen and oxygen atoms in total. The van der Waals surface area contributed by atoms with Crippen molar-refractivity contribution in [3.63, 3.8) is 0 Å². The zero-order chi connectivity index (χ0) is 14.3.